The summed E-state index contributed by atoms with van der Waals surface area (Å²) in [5.41, 5.74) is 4.59. The van der Waals surface area contributed by atoms with Crippen molar-refractivity contribution in [2.75, 3.05) is 33.7 Å². The molecule has 1 fully saturated rings. The van der Waals surface area contributed by atoms with Crippen molar-refractivity contribution in [3.63, 3.8) is 0 Å². The molecule has 1 heterocycles. The van der Waals surface area contributed by atoms with E-state index < -0.39 is 11.5 Å². The molecule has 5 nitrogen and oxygen atoms in total. The van der Waals surface area contributed by atoms with E-state index in [1.165, 1.54) is 0 Å². The lowest BCUT2D eigenvalue weighted by molar-refractivity contribution is -0.143. The highest BCUT2D eigenvalue weighted by atomic mass is 16.4. The summed E-state index contributed by atoms with van der Waals surface area (Å²) in [6.45, 7) is 4.40. The summed E-state index contributed by atoms with van der Waals surface area (Å²) in [5.74, 6) is -0.921. The largest absolute Gasteiger partial charge is 0.480 e. The van der Waals surface area contributed by atoms with Crippen molar-refractivity contribution in [2.45, 2.75) is 31.3 Å². The molecule has 1 saturated heterocycles. The van der Waals surface area contributed by atoms with Crippen LogP contribution in [0.15, 0.2) is 0 Å². The predicted molar refractivity (Wildman–Crippen MR) is 63.4 cm³/mol. The number of likely N-dealkylation sites (tertiary alicyclic amines) is 1. The molecule has 1 aliphatic rings. The first kappa shape index (κ1) is 13.4. The average molecular weight is 229 g/mol. The third-order valence-electron chi connectivity index (χ3n) is 3.41. The van der Waals surface area contributed by atoms with Crippen molar-refractivity contribution in [1.29, 1.82) is 0 Å². The predicted octanol–water partition coefficient (Wildman–Crippen LogP) is -0.186. The van der Waals surface area contributed by atoms with E-state index in [1.807, 2.05) is 0 Å². The van der Waals surface area contributed by atoms with E-state index in [4.69, 9.17) is 10.8 Å². The number of carboxylic acid groups (broad SMARTS) is 1. The zero-order valence-electron chi connectivity index (χ0n) is 10.4. The van der Waals surface area contributed by atoms with Gasteiger partial charge in [0.2, 0.25) is 0 Å². The van der Waals surface area contributed by atoms with Crippen LogP contribution in [0.3, 0.4) is 0 Å². The molecule has 0 aliphatic carbocycles. The van der Waals surface area contributed by atoms with E-state index in [0.29, 0.717) is 12.5 Å². The number of nitrogens with two attached hydrogens (primary N) is 1. The quantitative estimate of drug-likeness (QED) is 0.684. The van der Waals surface area contributed by atoms with Crippen molar-refractivity contribution < 1.29 is 9.90 Å². The monoisotopic (exact) mass is 229 g/mol. The van der Waals surface area contributed by atoms with E-state index in [9.17, 15) is 4.79 Å². The summed E-state index contributed by atoms with van der Waals surface area (Å²) in [6, 6.07) is 0.592. The third kappa shape index (κ3) is 3.43. The average Bonchev–Trinajstić information content (AvgIpc) is 2.63. The van der Waals surface area contributed by atoms with Crippen LogP contribution in [-0.2, 0) is 4.79 Å². The first-order valence-corrected chi connectivity index (χ1v) is 5.74. The molecule has 3 N–H and O–H groups in total. The van der Waals surface area contributed by atoms with Gasteiger partial charge in [0.1, 0.15) is 5.54 Å². The van der Waals surface area contributed by atoms with Crippen molar-refractivity contribution in [2.24, 2.45) is 5.73 Å². The molecule has 0 amide bonds. The lowest BCUT2D eigenvalue weighted by Gasteiger charge is -2.24. The minimum Gasteiger partial charge on any atom is -0.480 e. The minimum absolute atomic E-state index is 0.502. The Bertz CT molecular complexity index is 254. The Morgan fingerprint density at radius 2 is 2.25 bits per heavy atom. The number of rotatable bonds is 5. The van der Waals surface area contributed by atoms with Crippen LogP contribution in [0.1, 0.15) is 19.8 Å². The summed E-state index contributed by atoms with van der Waals surface area (Å²) in [7, 11) is 4.16. The summed E-state index contributed by atoms with van der Waals surface area (Å²) >= 11 is 0. The van der Waals surface area contributed by atoms with Gasteiger partial charge >= 0.3 is 5.97 Å². The molecule has 16 heavy (non-hydrogen) atoms. The second-order valence-electron chi connectivity index (χ2n) is 5.18. The lowest BCUT2D eigenvalue weighted by Crippen LogP contribution is -2.47. The van der Waals surface area contributed by atoms with E-state index >= 15 is 0 Å². The van der Waals surface area contributed by atoms with Crippen LogP contribution in [0.25, 0.3) is 0 Å². The molecule has 1 rings (SSSR count). The second kappa shape index (κ2) is 5.12. The van der Waals surface area contributed by atoms with E-state index in [0.717, 1.165) is 26.1 Å². The van der Waals surface area contributed by atoms with E-state index in [2.05, 4.69) is 23.9 Å². The molecule has 0 spiro atoms. The number of hydrogen-bond acceptors (Lipinski definition) is 4. The SMILES string of the molecule is CN(C)C1CCN(CCC(C)(N)C(=O)O)C1. The summed E-state index contributed by atoms with van der Waals surface area (Å²) < 4.78 is 0. The molecular weight excluding hydrogens is 206 g/mol. The Balaban J connectivity index is 2.33. The molecule has 0 aromatic heterocycles. The minimum atomic E-state index is -1.10. The van der Waals surface area contributed by atoms with Gasteiger partial charge in [-0.05, 0) is 40.4 Å². The van der Waals surface area contributed by atoms with Gasteiger partial charge in [-0.3, -0.25) is 4.79 Å². The molecule has 0 aromatic rings. The highest BCUT2D eigenvalue weighted by Gasteiger charge is 2.30. The molecule has 0 aromatic carbocycles. The summed E-state index contributed by atoms with van der Waals surface area (Å²) in [5, 5.41) is 8.90. The fourth-order valence-electron chi connectivity index (χ4n) is 1.93. The van der Waals surface area contributed by atoms with Gasteiger partial charge in [0.25, 0.3) is 0 Å². The maximum absolute atomic E-state index is 10.8. The number of likely N-dealkylation sites (N-methyl/N-ethyl adjacent to an activating group) is 1. The van der Waals surface area contributed by atoms with Gasteiger partial charge < -0.3 is 20.6 Å². The molecule has 5 heteroatoms. The maximum atomic E-state index is 10.8. The Hall–Kier alpha value is -0.650. The van der Waals surface area contributed by atoms with Crippen LogP contribution < -0.4 is 5.73 Å². The van der Waals surface area contributed by atoms with Gasteiger partial charge in [-0.25, -0.2) is 0 Å². The van der Waals surface area contributed by atoms with Gasteiger partial charge in [0.15, 0.2) is 0 Å². The van der Waals surface area contributed by atoms with Crippen LogP contribution >= 0.6 is 0 Å². The standard InChI is InChI=1S/C11H23N3O2/c1-11(12,10(15)16)5-7-14-6-4-9(8-14)13(2)3/h9H,4-8,12H2,1-3H3,(H,15,16). The molecule has 0 bridgehead atoms. The first-order valence-electron chi connectivity index (χ1n) is 5.74. The van der Waals surface area contributed by atoms with Gasteiger partial charge in [-0.1, -0.05) is 0 Å². The molecule has 0 saturated carbocycles. The van der Waals surface area contributed by atoms with Crippen molar-refractivity contribution in [1.82, 2.24) is 9.80 Å². The number of aliphatic carboxylic acids is 1. The first-order chi connectivity index (χ1) is 7.33. The molecule has 1 aliphatic heterocycles. The van der Waals surface area contributed by atoms with Crippen LogP contribution in [-0.4, -0.2) is 66.2 Å². The Morgan fingerprint density at radius 1 is 1.62 bits per heavy atom. The Morgan fingerprint density at radius 3 is 2.69 bits per heavy atom. The molecular formula is C11H23N3O2. The molecule has 2 unspecified atom stereocenters. The Kier molecular flexibility index (Phi) is 4.29. The van der Waals surface area contributed by atoms with Crippen LogP contribution in [0.4, 0.5) is 0 Å². The molecule has 0 radical (unpaired) electrons. The number of carbonyl (C=O) groups is 1. The zero-order valence-corrected chi connectivity index (χ0v) is 10.4. The van der Waals surface area contributed by atoms with Crippen LogP contribution in [0.2, 0.25) is 0 Å². The normalized spacial score (nSPS) is 25.9. The van der Waals surface area contributed by atoms with Gasteiger partial charge in [-0.2, -0.15) is 0 Å². The third-order valence-corrected chi connectivity index (χ3v) is 3.41. The molecule has 2 atom stereocenters. The summed E-state index contributed by atoms with van der Waals surface area (Å²) in [6.07, 6.45) is 1.66. The maximum Gasteiger partial charge on any atom is 0.323 e. The topological polar surface area (TPSA) is 69.8 Å². The van der Waals surface area contributed by atoms with Crippen LogP contribution in [0.5, 0.6) is 0 Å². The van der Waals surface area contributed by atoms with Crippen molar-refractivity contribution >= 4 is 5.97 Å². The smallest absolute Gasteiger partial charge is 0.323 e. The Labute approximate surface area is 97.2 Å². The zero-order chi connectivity index (χ0) is 12.3. The lowest BCUT2D eigenvalue weighted by atomic mass is 9.99. The number of nitrogens with zero attached hydrogens (tertiary/aromatic N) is 2. The second-order valence-corrected chi connectivity index (χ2v) is 5.18. The van der Waals surface area contributed by atoms with E-state index in [-0.39, 0.29) is 0 Å². The van der Waals surface area contributed by atoms with Gasteiger partial charge in [-0.15, -0.1) is 0 Å². The number of hydrogen-bond donors (Lipinski definition) is 2. The fraction of sp³-hybridized carbons (Fsp3) is 0.909. The van der Waals surface area contributed by atoms with Crippen molar-refractivity contribution in [3.8, 4) is 0 Å². The van der Waals surface area contributed by atoms with Crippen LogP contribution in [0, 0.1) is 0 Å². The highest BCUT2D eigenvalue weighted by molar-refractivity contribution is 5.77. The van der Waals surface area contributed by atoms with Crippen molar-refractivity contribution in [3.05, 3.63) is 0 Å². The van der Waals surface area contributed by atoms with E-state index in [1.54, 1.807) is 6.92 Å². The highest BCUT2D eigenvalue weighted by Crippen LogP contribution is 2.15. The summed E-state index contributed by atoms with van der Waals surface area (Å²) in [4.78, 5) is 15.4. The fourth-order valence-corrected chi connectivity index (χ4v) is 1.93. The van der Waals surface area contributed by atoms with Gasteiger partial charge in [0, 0.05) is 19.1 Å². The number of carboxylic acids is 1. The molecule has 94 valence electrons. The van der Waals surface area contributed by atoms with Gasteiger partial charge in [0.05, 0.1) is 0 Å².